The number of nitrogens with zero attached hydrogens (tertiary/aromatic N) is 1. The Balaban J connectivity index is 1.91. The zero-order valence-electron chi connectivity index (χ0n) is 12.7. The van der Waals surface area contributed by atoms with E-state index in [0.29, 0.717) is 18.5 Å². The van der Waals surface area contributed by atoms with Crippen molar-refractivity contribution in [3.8, 4) is 5.75 Å². The quantitative estimate of drug-likeness (QED) is 0.786. The largest absolute Gasteiger partial charge is 0.508 e. The van der Waals surface area contributed by atoms with Crippen molar-refractivity contribution >= 4 is 5.91 Å². The maximum absolute atomic E-state index is 12.2. The summed E-state index contributed by atoms with van der Waals surface area (Å²) in [4.78, 5) is 12.2. The van der Waals surface area contributed by atoms with Gasteiger partial charge in [-0.3, -0.25) is 10.2 Å². The number of phenols is 1. The van der Waals surface area contributed by atoms with Crippen molar-refractivity contribution in [2.24, 2.45) is 5.73 Å². The van der Waals surface area contributed by atoms with Crippen molar-refractivity contribution in [2.45, 2.75) is 57.7 Å². The zero-order valence-corrected chi connectivity index (χ0v) is 12.7. The van der Waals surface area contributed by atoms with Gasteiger partial charge in [0.25, 0.3) is 5.91 Å². The molecule has 0 aliphatic carbocycles. The molecule has 0 spiro atoms. The van der Waals surface area contributed by atoms with Crippen molar-refractivity contribution in [1.29, 1.82) is 0 Å². The van der Waals surface area contributed by atoms with Crippen LogP contribution in [0.3, 0.4) is 0 Å². The minimum atomic E-state index is -0.587. The number of phenolic OH excluding ortho intramolecular Hbond substituents is 1. The Bertz CT molecular complexity index is 465. The molecular weight excluding hydrogens is 266 g/mol. The lowest BCUT2D eigenvalue weighted by Gasteiger charge is -2.39. The van der Waals surface area contributed by atoms with Crippen LogP contribution in [-0.4, -0.2) is 34.1 Å². The minimum absolute atomic E-state index is 0.149. The van der Waals surface area contributed by atoms with E-state index in [0.717, 1.165) is 18.4 Å². The van der Waals surface area contributed by atoms with Crippen LogP contribution < -0.4 is 11.2 Å². The molecule has 21 heavy (non-hydrogen) atoms. The fraction of sp³-hybridized carbons (Fsp3) is 0.562. The molecule has 1 saturated heterocycles. The Labute approximate surface area is 126 Å². The Hall–Kier alpha value is -1.59. The summed E-state index contributed by atoms with van der Waals surface area (Å²) in [5.74, 6) is 0.0661. The van der Waals surface area contributed by atoms with Gasteiger partial charge in [-0.05, 0) is 50.8 Å². The van der Waals surface area contributed by atoms with Gasteiger partial charge in [-0.15, -0.1) is 0 Å². The second-order valence-electron chi connectivity index (χ2n) is 5.99. The highest BCUT2D eigenvalue weighted by Gasteiger charge is 2.27. The summed E-state index contributed by atoms with van der Waals surface area (Å²) in [5.41, 5.74) is 9.90. The Kier molecular flexibility index (Phi) is 5.20. The van der Waals surface area contributed by atoms with Gasteiger partial charge in [0.1, 0.15) is 5.75 Å². The number of piperidine rings is 1. The fourth-order valence-electron chi connectivity index (χ4n) is 2.83. The van der Waals surface area contributed by atoms with Crippen LogP contribution in [0.15, 0.2) is 24.3 Å². The lowest BCUT2D eigenvalue weighted by Crippen LogP contribution is -2.57. The van der Waals surface area contributed by atoms with Crippen LogP contribution in [0.25, 0.3) is 0 Å². The smallest absolute Gasteiger partial charge is 0.251 e. The predicted molar refractivity (Wildman–Crippen MR) is 82.5 cm³/mol. The van der Waals surface area contributed by atoms with Gasteiger partial charge in [0.2, 0.25) is 0 Å². The van der Waals surface area contributed by atoms with E-state index in [2.05, 4.69) is 19.3 Å². The first-order chi connectivity index (χ1) is 9.97. The van der Waals surface area contributed by atoms with Crippen LogP contribution >= 0.6 is 0 Å². The van der Waals surface area contributed by atoms with E-state index in [1.165, 1.54) is 6.42 Å². The maximum Gasteiger partial charge on any atom is 0.251 e. The minimum Gasteiger partial charge on any atom is -0.508 e. The van der Waals surface area contributed by atoms with Crippen molar-refractivity contribution in [3.63, 3.8) is 0 Å². The third-order valence-electron chi connectivity index (χ3n) is 4.16. The molecule has 0 saturated carbocycles. The Morgan fingerprint density at radius 1 is 1.33 bits per heavy atom. The lowest BCUT2D eigenvalue weighted by atomic mass is 9.99. The number of aromatic hydroxyl groups is 1. The van der Waals surface area contributed by atoms with Crippen LogP contribution in [0, 0.1) is 0 Å². The van der Waals surface area contributed by atoms with E-state index in [-0.39, 0.29) is 11.7 Å². The van der Waals surface area contributed by atoms with Crippen LogP contribution in [0.4, 0.5) is 0 Å². The summed E-state index contributed by atoms with van der Waals surface area (Å²) in [6.45, 7) is 4.25. The lowest BCUT2D eigenvalue weighted by molar-refractivity contribution is -0.130. The van der Waals surface area contributed by atoms with Gasteiger partial charge in [0.15, 0.2) is 0 Å². The number of carbonyl (C=O) groups is 1. The monoisotopic (exact) mass is 291 g/mol. The van der Waals surface area contributed by atoms with Gasteiger partial charge < -0.3 is 10.8 Å². The number of rotatable bonds is 4. The third-order valence-corrected chi connectivity index (χ3v) is 4.16. The van der Waals surface area contributed by atoms with Gasteiger partial charge >= 0.3 is 0 Å². The molecule has 4 N–H and O–H groups in total. The summed E-state index contributed by atoms with van der Waals surface area (Å²) in [6, 6.07) is 6.89. The molecule has 116 valence electrons. The summed E-state index contributed by atoms with van der Waals surface area (Å²) >= 11 is 0. The average Bonchev–Trinajstić information content (AvgIpc) is 2.45. The first-order valence-electron chi connectivity index (χ1n) is 7.59. The van der Waals surface area contributed by atoms with Crippen LogP contribution in [0.2, 0.25) is 0 Å². The summed E-state index contributed by atoms with van der Waals surface area (Å²) < 4.78 is 0. The molecule has 0 aromatic heterocycles. The molecule has 1 aromatic carbocycles. The number of benzene rings is 1. The molecule has 5 nitrogen and oxygen atoms in total. The summed E-state index contributed by atoms with van der Waals surface area (Å²) in [5, 5.41) is 11.3. The Morgan fingerprint density at radius 2 is 1.90 bits per heavy atom. The van der Waals surface area contributed by atoms with E-state index in [4.69, 9.17) is 5.73 Å². The normalized spacial score (nSPS) is 24.5. The average molecular weight is 291 g/mol. The van der Waals surface area contributed by atoms with Crippen molar-refractivity contribution < 1.29 is 9.90 Å². The number of amides is 1. The van der Waals surface area contributed by atoms with Crippen molar-refractivity contribution in [1.82, 2.24) is 10.4 Å². The standard InChI is InChI=1S/C16H25N3O2/c1-11-4-3-5-12(2)19(11)18-16(21)15(17)10-13-6-8-14(20)9-7-13/h6-9,11-12,15,20H,3-5,10,17H2,1-2H3,(H,18,21)/t11?,12?,15-/m0/s1. The van der Waals surface area contributed by atoms with E-state index >= 15 is 0 Å². The Morgan fingerprint density at radius 3 is 2.48 bits per heavy atom. The molecule has 1 fully saturated rings. The molecule has 0 radical (unpaired) electrons. The van der Waals surface area contributed by atoms with Gasteiger partial charge in [-0.2, -0.15) is 0 Å². The molecule has 2 unspecified atom stereocenters. The van der Waals surface area contributed by atoms with Crippen LogP contribution in [0.1, 0.15) is 38.7 Å². The molecule has 2 rings (SSSR count). The second-order valence-corrected chi connectivity index (χ2v) is 5.99. The molecule has 1 aromatic rings. The zero-order chi connectivity index (χ0) is 15.4. The van der Waals surface area contributed by atoms with Gasteiger partial charge in [-0.25, -0.2) is 5.01 Å². The number of nitrogens with one attached hydrogen (secondary N) is 1. The number of hydrazine groups is 1. The molecule has 5 heteroatoms. The van der Waals surface area contributed by atoms with Gasteiger partial charge in [0.05, 0.1) is 6.04 Å². The topological polar surface area (TPSA) is 78.6 Å². The van der Waals surface area contributed by atoms with Gasteiger partial charge in [0, 0.05) is 12.1 Å². The number of hydrogen-bond acceptors (Lipinski definition) is 4. The van der Waals surface area contributed by atoms with E-state index < -0.39 is 6.04 Å². The van der Waals surface area contributed by atoms with E-state index in [1.54, 1.807) is 24.3 Å². The fourth-order valence-corrected chi connectivity index (χ4v) is 2.83. The predicted octanol–water partition coefficient (Wildman–Crippen LogP) is 1.56. The molecule has 1 aliphatic rings. The van der Waals surface area contributed by atoms with Crippen LogP contribution in [-0.2, 0) is 11.2 Å². The molecule has 1 amide bonds. The summed E-state index contributed by atoms with van der Waals surface area (Å²) in [7, 11) is 0. The first-order valence-corrected chi connectivity index (χ1v) is 7.59. The van der Waals surface area contributed by atoms with Gasteiger partial charge in [-0.1, -0.05) is 18.6 Å². The highest BCUT2D eigenvalue weighted by molar-refractivity contribution is 5.81. The molecule has 1 aliphatic heterocycles. The molecule has 0 bridgehead atoms. The SMILES string of the molecule is CC1CCCC(C)N1NC(=O)[C@@H](N)Cc1ccc(O)cc1. The number of carbonyl (C=O) groups excluding carboxylic acids is 1. The number of hydrogen-bond donors (Lipinski definition) is 3. The highest BCUT2D eigenvalue weighted by Crippen LogP contribution is 2.20. The maximum atomic E-state index is 12.2. The van der Waals surface area contributed by atoms with Crippen molar-refractivity contribution in [2.75, 3.05) is 0 Å². The summed E-state index contributed by atoms with van der Waals surface area (Å²) in [6.07, 6.45) is 3.85. The second kappa shape index (κ2) is 6.91. The third kappa shape index (κ3) is 4.19. The first kappa shape index (κ1) is 15.8. The van der Waals surface area contributed by atoms with E-state index in [1.807, 2.05) is 5.01 Å². The highest BCUT2D eigenvalue weighted by atomic mass is 16.3. The molecule has 3 atom stereocenters. The molecule has 1 heterocycles. The van der Waals surface area contributed by atoms with Crippen molar-refractivity contribution in [3.05, 3.63) is 29.8 Å². The molecular formula is C16H25N3O2. The number of nitrogens with two attached hydrogens (primary N) is 1. The van der Waals surface area contributed by atoms with Crippen LogP contribution in [0.5, 0.6) is 5.75 Å². The van der Waals surface area contributed by atoms with E-state index in [9.17, 15) is 9.90 Å².